The van der Waals surface area contributed by atoms with Crippen molar-refractivity contribution in [3.8, 4) is 0 Å². The third-order valence-electron chi connectivity index (χ3n) is 3.83. The van der Waals surface area contributed by atoms with E-state index in [1.165, 1.54) is 0 Å². The zero-order valence-electron chi connectivity index (χ0n) is 11.3. The van der Waals surface area contributed by atoms with Gasteiger partial charge in [0, 0.05) is 17.7 Å². The number of rotatable bonds is 5. The van der Waals surface area contributed by atoms with E-state index in [9.17, 15) is 8.78 Å². The summed E-state index contributed by atoms with van der Waals surface area (Å²) in [5, 5.41) is 3.40. The summed E-state index contributed by atoms with van der Waals surface area (Å²) in [6.45, 7) is 6.82. The summed E-state index contributed by atoms with van der Waals surface area (Å²) in [7, 11) is 0. The van der Waals surface area contributed by atoms with Gasteiger partial charge in [0.15, 0.2) is 0 Å². The fourth-order valence-electron chi connectivity index (χ4n) is 2.53. The molecule has 1 saturated carbocycles. The first-order valence-electron chi connectivity index (χ1n) is 6.73. The van der Waals surface area contributed by atoms with Crippen LogP contribution in [-0.4, -0.2) is 6.54 Å². The molecule has 0 aromatic heterocycles. The van der Waals surface area contributed by atoms with Crippen LogP contribution in [0.25, 0.3) is 0 Å². The lowest BCUT2D eigenvalue weighted by Crippen LogP contribution is -2.25. The molecule has 2 rings (SSSR count). The normalized spacial score (nSPS) is 24.1. The molecule has 3 atom stereocenters. The molecule has 1 N–H and O–H groups in total. The molecule has 1 aliphatic carbocycles. The molecule has 0 radical (unpaired) electrons. The van der Waals surface area contributed by atoms with Gasteiger partial charge in [0.2, 0.25) is 0 Å². The highest BCUT2D eigenvalue weighted by molar-refractivity contribution is 5.29. The van der Waals surface area contributed by atoms with Crippen LogP contribution in [0.2, 0.25) is 0 Å². The van der Waals surface area contributed by atoms with Gasteiger partial charge in [0.1, 0.15) is 11.6 Å². The third kappa shape index (κ3) is 2.72. The molecular weight excluding hydrogens is 232 g/mol. The van der Waals surface area contributed by atoms with Gasteiger partial charge in [-0.3, -0.25) is 0 Å². The summed E-state index contributed by atoms with van der Waals surface area (Å²) in [5.41, 5.74) is 1.14. The average molecular weight is 253 g/mol. The SMILES string of the molecule is CCCNC(c1cc(C)c(F)cc1F)C1CC1C. The van der Waals surface area contributed by atoms with Crippen LogP contribution in [0, 0.1) is 30.4 Å². The van der Waals surface area contributed by atoms with Crippen LogP contribution in [-0.2, 0) is 0 Å². The van der Waals surface area contributed by atoms with Gasteiger partial charge >= 0.3 is 0 Å². The van der Waals surface area contributed by atoms with Gasteiger partial charge in [-0.25, -0.2) is 8.78 Å². The van der Waals surface area contributed by atoms with E-state index in [-0.39, 0.29) is 6.04 Å². The Bertz CT molecular complexity index is 431. The van der Waals surface area contributed by atoms with Gasteiger partial charge in [0.25, 0.3) is 0 Å². The van der Waals surface area contributed by atoms with Gasteiger partial charge in [-0.2, -0.15) is 0 Å². The van der Waals surface area contributed by atoms with Gasteiger partial charge in [-0.05, 0) is 49.8 Å². The van der Waals surface area contributed by atoms with Crippen molar-refractivity contribution in [2.24, 2.45) is 11.8 Å². The van der Waals surface area contributed by atoms with Crippen LogP contribution in [0.5, 0.6) is 0 Å². The van der Waals surface area contributed by atoms with Crippen LogP contribution < -0.4 is 5.32 Å². The molecule has 0 saturated heterocycles. The van der Waals surface area contributed by atoms with Crippen molar-refractivity contribution in [1.82, 2.24) is 5.32 Å². The Morgan fingerprint density at radius 2 is 2.00 bits per heavy atom. The quantitative estimate of drug-likeness (QED) is 0.837. The number of hydrogen-bond acceptors (Lipinski definition) is 1. The molecule has 1 aromatic carbocycles. The van der Waals surface area contributed by atoms with E-state index in [1.807, 2.05) is 0 Å². The second kappa shape index (κ2) is 5.35. The molecule has 0 spiro atoms. The fraction of sp³-hybridized carbons (Fsp3) is 0.600. The van der Waals surface area contributed by atoms with E-state index in [4.69, 9.17) is 0 Å². The number of benzene rings is 1. The molecular formula is C15H21F2N. The number of nitrogens with one attached hydrogen (secondary N) is 1. The van der Waals surface area contributed by atoms with Gasteiger partial charge in [-0.1, -0.05) is 13.8 Å². The summed E-state index contributed by atoms with van der Waals surface area (Å²) in [5.74, 6) is 0.222. The zero-order valence-corrected chi connectivity index (χ0v) is 11.3. The molecule has 0 heterocycles. The van der Waals surface area contributed by atoms with E-state index >= 15 is 0 Å². The highest BCUT2D eigenvalue weighted by Gasteiger charge is 2.40. The largest absolute Gasteiger partial charge is 0.310 e. The molecule has 0 amide bonds. The van der Waals surface area contributed by atoms with Crippen molar-refractivity contribution in [2.45, 2.75) is 39.7 Å². The minimum atomic E-state index is -0.464. The molecule has 1 nitrogen and oxygen atoms in total. The predicted octanol–water partition coefficient (Wildman–Crippen LogP) is 3.97. The number of halogens is 2. The maximum absolute atomic E-state index is 13.9. The maximum atomic E-state index is 13.9. The topological polar surface area (TPSA) is 12.0 Å². The van der Waals surface area contributed by atoms with Crippen LogP contribution >= 0.6 is 0 Å². The van der Waals surface area contributed by atoms with E-state index in [0.29, 0.717) is 23.0 Å². The van der Waals surface area contributed by atoms with Crippen LogP contribution in [0.3, 0.4) is 0 Å². The second-order valence-corrected chi connectivity index (χ2v) is 5.43. The van der Waals surface area contributed by atoms with Crippen molar-refractivity contribution in [1.29, 1.82) is 0 Å². The lowest BCUT2D eigenvalue weighted by Gasteiger charge is -2.20. The Balaban J connectivity index is 2.27. The Morgan fingerprint density at radius 3 is 2.56 bits per heavy atom. The van der Waals surface area contributed by atoms with E-state index in [0.717, 1.165) is 25.5 Å². The Morgan fingerprint density at radius 1 is 1.33 bits per heavy atom. The number of aryl methyl sites for hydroxylation is 1. The van der Waals surface area contributed by atoms with Crippen molar-refractivity contribution >= 4 is 0 Å². The standard InChI is InChI=1S/C15H21F2N/c1-4-5-18-15(11-6-9(11)2)12-7-10(3)13(16)8-14(12)17/h7-9,11,15,18H,4-6H2,1-3H3. The molecule has 0 bridgehead atoms. The van der Waals surface area contributed by atoms with Crippen molar-refractivity contribution in [3.63, 3.8) is 0 Å². The van der Waals surface area contributed by atoms with Gasteiger partial charge in [-0.15, -0.1) is 0 Å². The van der Waals surface area contributed by atoms with Crippen LogP contribution in [0.15, 0.2) is 12.1 Å². The molecule has 1 aromatic rings. The second-order valence-electron chi connectivity index (χ2n) is 5.43. The number of hydrogen-bond donors (Lipinski definition) is 1. The van der Waals surface area contributed by atoms with E-state index in [1.54, 1.807) is 13.0 Å². The zero-order chi connectivity index (χ0) is 13.3. The highest BCUT2D eigenvalue weighted by Crippen LogP contribution is 2.47. The third-order valence-corrected chi connectivity index (χ3v) is 3.83. The summed E-state index contributed by atoms with van der Waals surface area (Å²) < 4.78 is 27.3. The lowest BCUT2D eigenvalue weighted by atomic mass is 9.98. The Kier molecular flexibility index (Phi) is 4.00. The summed E-state index contributed by atoms with van der Waals surface area (Å²) in [4.78, 5) is 0. The smallest absolute Gasteiger partial charge is 0.130 e. The molecule has 1 fully saturated rings. The van der Waals surface area contributed by atoms with E-state index in [2.05, 4.69) is 19.2 Å². The molecule has 100 valence electrons. The van der Waals surface area contributed by atoms with Crippen molar-refractivity contribution < 1.29 is 8.78 Å². The molecule has 3 heteroatoms. The molecule has 3 unspecified atom stereocenters. The van der Waals surface area contributed by atoms with Crippen molar-refractivity contribution in [3.05, 3.63) is 34.9 Å². The molecule has 18 heavy (non-hydrogen) atoms. The van der Waals surface area contributed by atoms with Crippen LogP contribution in [0.4, 0.5) is 8.78 Å². The fourth-order valence-corrected chi connectivity index (χ4v) is 2.53. The Labute approximate surface area is 108 Å². The molecule has 0 aliphatic heterocycles. The lowest BCUT2D eigenvalue weighted by molar-refractivity contribution is 0.439. The van der Waals surface area contributed by atoms with Gasteiger partial charge < -0.3 is 5.32 Å². The first kappa shape index (κ1) is 13.5. The monoisotopic (exact) mass is 253 g/mol. The summed E-state index contributed by atoms with van der Waals surface area (Å²) >= 11 is 0. The van der Waals surface area contributed by atoms with Gasteiger partial charge in [0.05, 0.1) is 0 Å². The summed E-state index contributed by atoms with van der Waals surface area (Å²) in [6, 6.07) is 2.70. The predicted molar refractivity (Wildman–Crippen MR) is 69.4 cm³/mol. The summed E-state index contributed by atoms with van der Waals surface area (Å²) in [6.07, 6.45) is 2.14. The average Bonchev–Trinajstić information content (AvgIpc) is 3.03. The van der Waals surface area contributed by atoms with Crippen LogP contribution in [0.1, 0.15) is 43.9 Å². The minimum Gasteiger partial charge on any atom is -0.310 e. The van der Waals surface area contributed by atoms with Crippen molar-refractivity contribution in [2.75, 3.05) is 6.54 Å². The Hall–Kier alpha value is -0.960. The minimum absolute atomic E-state index is 0.0271. The first-order valence-corrected chi connectivity index (χ1v) is 6.73. The molecule has 1 aliphatic rings. The first-order chi connectivity index (χ1) is 8.54. The highest BCUT2D eigenvalue weighted by atomic mass is 19.1. The maximum Gasteiger partial charge on any atom is 0.130 e. The van der Waals surface area contributed by atoms with E-state index < -0.39 is 11.6 Å².